The Bertz CT molecular complexity index is 606. The Balaban J connectivity index is 2.53. The van der Waals surface area contributed by atoms with E-state index < -0.39 is 0 Å². The second kappa shape index (κ2) is 6.39. The van der Waals surface area contributed by atoms with Gasteiger partial charge in [-0.25, -0.2) is 0 Å². The van der Waals surface area contributed by atoms with Crippen LogP contribution in [0.4, 0.5) is 5.69 Å². The first-order chi connectivity index (χ1) is 10.1. The van der Waals surface area contributed by atoms with Crippen molar-refractivity contribution in [2.75, 3.05) is 40.3 Å². The lowest BCUT2D eigenvalue weighted by Crippen LogP contribution is -2.07. The van der Waals surface area contributed by atoms with Gasteiger partial charge in [0.25, 0.3) is 0 Å². The summed E-state index contributed by atoms with van der Waals surface area (Å²) in [6.07, 6.45) is 0. The molecule has 0 amide bonds. The van der Waals surface area contributed by atoms with Crippen LogP contribution < -0.4 is 19.1 Å². The summed E-state index contributed by atoms with van der Waals surface area (Å²) in [4.78, 5) is 2.07. The van der Waals surface area contributed by atoms with E-state index in [1.165, 1.54) is 0 Å². The third-order valence-electron chi connectivity index (χ3n) is 3.40. The number of hydrogen-bond donors (Lipinski definition) is 0. The van der Waals surface area contributed by atoms with E-state index in [4.69, 9.17) is 14.2 Å². The predicted octanol–water partition coefficient (Wildman–Crippen LogP) is 3.45. The van der Waals surface area contributed by atoms with Crippen molar-refractivity contribution >= 4 is 5.69 Å². The van der Waals surface area contributed by atoms with E-state index in [9.17, 15) is 0 Å². The highest BCUT2D eigenvalue weighted by Crippen LogP contribution is 2.44. The van der Waals surface area contributed by atoms with Crippen LogP contribution in [0.25, 0.3) is 11.1 Å². The molecule has 4 nitrogen and oxygen atoms in total. The standard InChI is InChI=1S/C17H21NO3/c1-18(2)13-8-6-12(7-9-13)14-10-11-15(19-3)17(21-5)16(14)20-4/h6-11H,1-5H3. The molecule has 0 saturated carbocycles. The van der Waals surface area contributed by atoms with Crippen LogP contribution in [-0.2, 0) is 0 Å². The Morgan fingerprint density at radius 2 is 1.33 bits per heavy atom. The van der Waals surface area contributed by atoms with Gasteiger partial charge in [0, 0.05) is 25.3 Å². The minimum absolute atomic E-state index is 0.606. The van der Waals surface area contributed by atoms with Crippen molar-refractivity contribution in [3.05, 3.63) is 36.4 Å². The van der Waals surface area contributed by atoms with Crippen molar-refractivity contribution < 1.29 is 14.2 Å². The number of ether oxygens (including phenoxy) is 3. The van der Waals surface area contributed by atoms with Crippen molar-refractivity contribution in [3.8, 4) is 28.4 Å². The van der Waals surface area contributed by atoms with Crippen LogP contribution in [0.1, 0.15) is 0 Å². The summed E-state index contributed by atoms with van der Waals surface area (Å²) < 4.78 is 16.3. The molecule has 0 radical (unpaired) electrons. The van der Waals surface area contributed by atoms with Crippen LogP contribution in [0, 0.1) is 0 Å². The highest BCUT2D eigenvalue weighted by atomic mass is 16.5. The van der Waals surface area contributed by atoms with Crippen molar-refractivity contribution in [2.24, 2.45) is 0 Å². The van der Waals surface area contributed by atoms with Crippen LogP contribution in [0.2, 0.25) is 0 Å². The van der Waals surface area contributed by atoms with E-state index >= 15 is 0 Å². The smallest absolute Gasteiger partial charge is 0.203 e. The van der Waals surface area contributed by atoms with Crippen LogP contribution in [0.5, 0.6) is 17.2 Å². The third kappa shape index (κ3) is 2.89. The Morgan fingerprint density at radius 1 is 0.714 bits per heavy atom. The number of anilines is 1. The van der Waals surface area contributed by atoms with Gasteiger partial charge in [0.2, 0.25) is 5.75 Å². The SMILES string of the molecule is COc1ccc(-c2ccc(N(C)C)cc2)c(OC)c1OC. The average molecular weight is 287 g/mol. The lowest BCUT2D eigenvalue weighted by molar-refractivity contribution is 0.325. The second-order valence-electron chi connectivity index (χ2n) is 4.82. The normalized spacial score (nSPS) is 10.1. The zero-order chi connectivity index (χ0) is 15.4. The van der Waals surface area contributed by atoms with Gasteiger partial charge >= 0.3 is 0 Å². The van der Waals surface area contributed by atoms with E-state index in [2.05, 4.69) is 29.2 Å². The molecule has 0 aliphatic heterocycles. The van der Waals surface area contributed by atoms with E-state index in [1.807, 2.05) is 26.2 Å². The molecule has 0 saturated heterocycles. The first kappa shape index (κ1) is 15.0. The lowest BCUT2D eigenvalue weighted by Gasteiger charge is -2.17. The molecule has 2 aromatic rings. The maximum Gasteiger partial charge on any atom is 0.203 e. The second-order valence-corrected chi connectivity index (χ2v) is 4.82. The molecule has 0 spiro atoms. The molecule has 4 heteroatoms. The van der Waals surface area contributed by atoms with Gasteiger partial charge in [-0.2, -0.15) is 0 Å². The number of rotatable bonds is 5. The summed E-state index contributed by atoms with van der Waals surface area (Å²) in [7, 11) is 8.90. The van der Waals surface area contributed by atoms with Gasteiger partial charge < -0.3 is 19.1 Å². The summed E-state index contributed by atoms with van der Waals surface area (Å²) in [5, 5.41) is 0. The molecule has 0 aliphatic rings. The van der Waals surface area contributed by atoms with Gasteiger partial charge in [-0.3, -0.25) is 0 Å². The quantitative estimate of drug-likeness (QED) is 0.843. The molecule has 0 unspecified atom stereocenters. The maximum atomic E-state index is 5.53. The van der Waals surface area contributed by atoms with Gasteiger partial charge in [-0.15, -0.1) is 0 Å². The van der Waals surface area contributed by atoms with Crippen LogP contribution in [0.15, 0.2) is 36.4 Å². The Labute approximate surface area is 125 Å². The van der Waals surface area contributed by atoms with Gasteiger partial charge in [-0.1, -0.05) is 12.1 Å². The molecule has 112 valence electrons. The minimum atomic E-state index is 0.606. The van der Waals surface area contributed by atoms with Crippen molar-refractivity contribution in [3.63, 3.8) is 0 Å². The van der Waals surface area contributed by atoms with E-state index in [0.29, 0.717) is 17.2 Å². The molecule has 0 bridgehead atoms. The molecule has 2 aromatic carbocycles. The molecule has 2 rings (SSSR count). The summed E-state index contributed by atoms with van der Waals surface area (Å²) >= 11 is 0. The third-order valence-corrected chi connectivity index (χ3v) is 3.40. The van der Waals surface area contributed by atoms with E-state index in [-0.39, 0.29) is 0 Å². The van der Waals surface area contributed by atoms with Crippen LogP contribution in [-0.4, -0.2) is 35.4 Å². The van der Waals surface area contributed by atoms with Gasteiger partial charge in [0.15, 0.2) is 11.5 Å². The molecule has 0 atom stereocenters. The number of hydrogen-bond acceptors (Lipinski definition) is 4. The Hall–Kier alpha value is -2.36. The molecule has 21 heavy (non-hydrogen) atoms. The largest absolute Gasteiger partial charge is 0.493 e. The Morgan fingerprint density at radius 3 is 1.81 bits per heavy atom. The van der Waals surface area contributed by atoms with Gasteiger partial charge in [0.1, 0.15) is 0 Å². The topological polar surface area (TPSA) is 30.9 Å². The number of benzene rings is 2. The maximum absolute atomic E-state index is 5.53. The molecule has 0 fully saturated rings. The molecule has 0 heterocycles. The zero-order valence-electron chi connectivity index (χ0n) is 13.1. The average Bonchev–Trinajstić information content (AvgIpc) is 2.53. The first-order valence-electron chi connectivity index (χ1n) is 6.69. The van der Waals surface area contributed by atoms with Gasteiger partial charge in [-0.05, 0) is 29.8 Å². The molecule has 0 N–H and O–H groups in total. The van der Waals surface area contributed by atoms with E-state index in [0.717, 1.165) is 16.8 Å². The van der Waals surface area contributed by atoms with Crippen LogP contribution in [0.3, 0.4) is 0 Å². The summed E-state index contributed by atoms with van der Waals surface area (Å²) in [6, 6.07) is 12.1. The molecule has 0 aromatic heterocycles. The fourth-order valence-electron chi connectivity index (χ4n) is 2.27. The lowest BCUT2D eigenvalue weighted by atomic mass is 10.0. The van der Waals surface area contributed by atoms with E-state index in [1.54, 1.807) is 21.3 Å². The first-order valence-corrected chi connectivity index (χ1v) is 6.69. The molecule has 0 aliphatic carbocycles. The predicted molar refractivity (Wildman–Crippen MR) is 85.9 cm³/mol. The molecular weight excluding hydrogens is 266 g/mol. The summed E-state index contributed by atoms with van der Waals surface area (Å²) in [5.41, 5.74) is 3.19. The van der Waals surface area contributed by atoms with Crippen LogP contribution >= 0.6 is 0 Å². The fraction of sp³-hybridized carbons (Fsp3) is 0.294. The zero-order valence-corrected chi connectivity index (χ0v) is 13.1. The Kier molecular flexibility index (Phi) is 4.58. The summed E-state index contributed by atoms with van der Waals surface area (Å²) in [5.74, 6) is 1.94. The summed E-state index contributed by atoms with van der Waals surface area (Å²) in [6.45, 7) is 0. The monoisotopic (exact) mass is 287 g/mol. The minimum Gasteiger partial charge on any atom is -0.493 e. The number of nitrogens with zero attached hydrogens (tertiary/aromatic N) is 1. The number of methoxy groups -OCH3 is 3. The van der Waals surface area contributed by atoms with Gasteiger partial charge in [0.05, 0.1) is 21.3 Å². The highest BCUT2D eigenvalue weighted by Gasteiger charge is 2.16. The van der Waals surface area contributed by atoms with Crippen molar-refractivity contribution in [1.29, 1.82) is 0 Å². The van der Waals surface area contributed by atoms with Crippen molar-refractivity contribution in [2.45, 2.75) is 0 Å². The van der Waals surface area contributed by atoms with Crippen molar-refractivity contribution in [1.82, 2.24) is 0 Å². The highest BCUT2D eigenvalue weighted by molar-refractivity contribution is 5.77. The fourth-order valence-corrected chi connectivity index (χ4v) is 2.27. The molecular formula is C17H21NO3.